The number of rotatable bonds is 1. The van der Waals surface area contributed by atoms with Gasteiger partial charge in [-0.1, -0.05) is 25.1 Å². The summed E-state index contributed by atoms with van der Waals surface area (Å²) in [5, 5.41) is 0. The molecule has 0 radical (unpaired) electrons. The number of fused-ring (bicyclic) bond motifs is 1. The molecular weight excluding hydrogens is 160 g/mol. The predicted octanol–water partition coefficient (Wildman–Crippen LogP) is 2.94. The maximum Gasteiger partial charge on any atom is 0.160 e. The first kappa shape index (κ1) is 8.49. The van der Waals surface area contributed by atoms with Crippen LogP contribution in [0.25, 0.3) is 0 Å². The van der Waals surface area contributed by atoms with Crippen molar-refractivity contribution in [2.75, 3.05) is 0 Å². The highest BCUT2D eigenvalue weighted by atomic mass is 16.1. The molecule has 1 heteroatoms. The van der Waals surface area contributed by atoms with Crippen molar-refractivity contribution in [1.82, 2.24) is 0 Å². The van der Waals surface area contributed by atoms with Crippen molar-refractivity contribution >= 4 is 5.78 Å². The van der Waals surface area contributed by atoms with Crippen LogP contribution in [0.2, 0.25) is 0 Å². The summed E-state index contributed by atoms with van der Waals surface area (Å²) in [5.41, 5.74) is 3.61. The van der Waals surface area contributed by atoms with E-state index in [1.807, 2.05) is 12.1 Å². The molecule has 0 heterocycles. The maximum absolute atomic E-state index is 11.3. The lowest BCUT2D eigenvalue weighted by Gasteiger charge is -2.06. The van der Waals surface area contributed by atoms with Crippen molar-refractivity contribution in [3.8, 4) is 0 Å². The van der Waals surface area contributed by atoms with E-state index in [-0.39, 0.29) is 5.78 Å². The lowest BCUT2D eigenvalue weighted by atomic mass is 9.98. The number of ketones is 1. The number of Topliss-reactive ketones (excluding diaryl/α,β-unsaturated/α-hetero) is 1. The molecular formula is C12H14O. The Bertz CT molecular complexity index is 352. The van der Waals surface area contributed by atoms with E-state index in [1.165, 1.54) is 17.5 Å². The molecule has 1 aliphatic carbocycles. The molecule has 0 spiro atoms. The number of carbonyl (C=O) groups excluding carboxylic acids is 1. The van der Waals surface area contributed by atoms with Crippen LogP contribution in [0, 0.1) is 0 Å². The Labute approximate surface area is 78.8 Å². The van der Waals surface area contributed by atoms with Gasteiger partial charge in [-0.2, -0.15) is 0 Å². The van der Waals surface area contributed by atoms with Gasteiger partial charge in [0.05, 0.1) is 0 Å². The molecule has 1 aliphatic rings. The van der Waals surface area contributed by atoms with Crippen LogP contribution < -0.4 is 0 Å². The number of benzene rings is 1. The van der Waals surface area contributed by atoms with E-state index >= 15 is 0 Å². The fraction of sp³-hybridized carbons (Fsp3) is 0.417. The highest BCUT2D eigenvalue weighted by Crippen LogP contribution is 2.34. The molecule has 0 bridgehead atoms. The molecule has 0 aromatic heterocycles. The summed E-state index contributed by atoms with van der Waals surface area (Å²) in [4.78, 5) is 11.3. The molecule has 0 fully saturated rings. The minimum atomic E-state index is 0.200. The van der Waals surface area contributed by atoms with Gasteiger partial charge >= 0.3 is 0 Å². The number of hydrogen-bond acceptors (Lipinski definition) is 1. The largest absolute Gasteiger partial charge is 0.295 e. The molecule has 0 aliphatic heterocycles. The molecule has 1 aromatic carbocycles. The summed E-state index contributed by atoms with van der Waals surface area (Å²) in [6.45, 7) is 3.88. The van der Waals surface area contributed by atoms with Crippen LogP contribution in [0.15, 0.2) is 18.2 Å². The third-order valence-corrected chi connectivity index (χ3v) is 2.95. The lowest BCUT2D eigenvalue weighted by Crippen LogP contribution is -1.98. The van der Waals surface area contributed by atoms with E-state index in [4.69, 9.17) is 0 Å². The van der Waals surface area contributed by atoms with Gasteiger partial charge in [0, 0.05) is 5.56 Å². The van der Waals surface area contributed by atoms with Crippen LogP contribution in [0.4, 0.5) is 0 Å². The second-order valence-corrected chi connectivity index (χ2v) is 3.87. The summed E-state index contributed by atoms with van der Waals surface area (Å²) in [7, 11) is 0. The van der Waals surface area contributed by atoms with Crippen LogP contribution in [0.1, 0.15) is 47.7 Å². The fourth-order valence-electron chi connectivity index (χ4n) is 2.19. The average Bonchev–Trinajstić information content (AvgIpc) is 2.48. The summed E-state index contributed by atoms with van der Waals surface area (Å²) in [6.07, 6.45) is 2.27. The minimum absolute atomic E-state index is 0.200. The molecule has 13 heavy (non-hydrogen) atoms. The highest BCUT2D eigenvalue weighted by Gasteiger charge is 2.21. The summed E-state index contributed by atoms with van der Waals surface area (Å²) in [6, 6.07) is 6.09. The average molecular weight is 174 g/mol. The van der Waals surface area contributed by atoms with Crippen LogP contribution in [0.5, 0.6) is 0 Å². The zero-order valence-electron chi connectivity index (χ0n) is 8.13. The van der Waals surface area contributed by atoms with Gasteiger partial charge in [-0.25, -0.2) is 0 Å². The van der Waals surface area contributed by atoms with Gasteiger partial charge < -0.3 is 0 Å². The third kappa shape index (κ3) is 1.28. The monoisotopic (exact) mass is 174 g/mol. The van der Waals surface area contributed by atoms with Gasteiger partial charge in [-0.05, 0) is 36.8 Å². The standard InChI is InChI=1S/C12H14O/c1-8-6-7-12-10(8)4-3-5-11(12)9(2)13/h3-5,8H,6-7H2,1-2H3. The topological polar surface area (TPSA) is 17.1 Å². The third-order valence-electron chi connectivity index (χ3n) is 2.95. The Morgan fingerprint density at radius 1 is 1.46 bits per heavy atom. The first-order chi connectivity index (χ1) is 6.20. The molecule has 0 saturated heterocycles. The van der Waals surface area contributed by atoms with Crippen LogP contribution >= 0.6 is 0 Å². The van der Waals surface area contributed by atoms with E-state index in [0.717, 1.165) is 12.0 Å². The van der Waals surface area contributed by atoms with Crippen molar-refractivity contribution < 1.29 is 4.79 Å². The van der Waals surface area contributed by atoms with Gasteiger partial charge in [-0.15, -0.1) is 0 Å². The zero-order chi connectivity index (χ0) is 9.42. The van der Waals surface area contributed by atoms with E-state index in [1.54, 1.807) is 6.92 Å². The molecule has 1 aromatic rings. The van der Waals surface area contributed by atoms with Gasteiger partial charge in [-0.3, -0.25) is 4.79 Å². The lowest BCUT2D eigenvalue weighted by molar-refractivity contribution is 0.101. The molecule has 1 nitrogen and oxygen atoms in total. The molecule has 1 atom stereocenters. The molecule has 0 N–H and O–H groups in total. The second-order valence-electron chi connectivity index (χ2n) is 3.87. The Balaban J connectivity index is 2.57. The summed E-state index contributed by atoms with van der Waals surface area (Å²) >= 11 is 0. The van der Waals surface area contributed by atoms with Crippen LogP contribution in [-0.2, 0) is 6.42 Å². The number of carbonyl (C=O) groups is 1. The van der Waals surface area contributed by atoms with E-state index in [9.17, 15) is 4.79 Å². The minimum Gasteiger partial charge on any atom is -0.295 e. The molecule has 0 amide bonds. The Kier molecular flexibility index (Phi) is 1.95. The molecule has 2 rings (SSSR count). The van der Waals surface area contributed by atoms with Crippen molar-refractivity contribution in [3.05, 3.63) is 34.9 Å². The van der Waals surface area contributed by atoms with Gasteiger partial charge in [0.2, 0.25) is 0 Å². The normalized spacial score (nSPS) is 20.0. The quantitative estimate of drug-likeness (QED) is 0.598. The van der Waals surface area contributed by atoms with Gasteiger partial charge in [0.25, 0.3) is 0 Å². The van der Waals surface area contributed by atoms with Crippen molar-refractivity contribution in [3.63, 3.8) is 0 Å². The zero-order valence-corrected chi connectivity index (χ0v) is 8.13. The van der Waals surface area contributed by atoms with Crippen LogP contribution in [-0.4, -0.2) is 5.78 Å². The fourth-order valence-corrected chi connectivity index (χ4v) is 2.19. The van der Waals surface area contributed by atoms with E-state index in [0.29, 0.717) is 5.92 Å². The first-order valence-corrected chi connectivity index (χ1v) is 4.83. The maximum atomic E-state index is 11.3. The Morgan fingerprint density at radius 3 is 2.92 bits per heavy atom. The molecule has 1 unspecified atom stereocenters. The molecule has 0 saturated carbocycles. The first-order valence-electron chi connectivity index (χ1n) is 4.83. The van der Waals surface area contributed by atoms with Crippen molar-refractivity contribution in [2.24, 2.45) is 0 Å². The summed E-state index contributed by atoms with van der Waals surface area (Å²) < 4.78 is 0. The Hall–Kier alpha value is -1.11. The van der Waals surface area contributed by atoms with Crippen LogP contribution in [0.3, 0.4) is 0 Å². The second kappa shape index (κ2) is 2.99. The van der Waals surface area contributed by atoms with E-state index in [2.05, 4.69) is 13.0 Å². The smallest absolute Gasteiger partial charge is 0.160 e. The summed E-state index contributed by atoms with van der Waals surface area (Å²) in [5.74, 6) is 0.834. The number of hydrogen-bond donors (Lipinski definition) is 0. The Morgan fingerprint density at radius 2 is 2.23 bits per heavy atom. The van der Waals surface area contributed by atoms with Crippen molar-refractivity contribution in [2.45, 2.75) is 32.6 Å². The SMILES string of the molecule is CC(=O)c1cccc2c1CCC2C. The van der Waals surface area contributed by atoms with E-state index < -0.39 is 0 Å². The van der Waals surface area contributed by atoms with Gasteiger partial charge in [0.15, 0.2) is 5.78 Å². The highest BCUT2D eigenvalue weighted by molar-refractivity contribution is 5.96. The predicted molar refractivity (Wildman–Crippen MR) is 53.2 cm³/mol. The van der Waals surface area contributed by atoms with Gasteiger partial charge in [0.1, 0.15) is 0 Å². The molecule has 68 valence electrons. The van der Waals surface area contributed by atoms with Crippen molar-refractivity contribution in [1.29, 1.82) is 0 Å².